The lowest BCUT2D eigenvalue weighted by Gasteiger charge is -2.02. The maximum Gasteiger partial charge on any atom is 0.130 e. The van der Waals surface area contributed by atoms with Crippen LogP contribution in [0.3, 0.4) is 0 Å². The van der Waals surface area contributed by atoms with Gasteiger partial charge in [-0.25, -0.2) is 0 Å². The molecule has 1 aromatic carbocycles. The fourth-order valence-electron chi connectivity index (χ4n) is 1.77. The highest BCUT2D eigenvalue weighted by Gasteiger charge is 2.07. The summed E-state index contributed by atoms with van der Waals surface area (Å²) in [6.45, 7) is 4.09. The van der Waals surface area contributed by atoms with E-state index < -0.39 is 0 Å². The lowest BCUT2D eigenvalue weighted by atomic mass is 10.1. The number of aryl methyl sites for hydroxylation is 1. The summed E-state index contributed by atoms with van der Waals surface area (Å²) in [6.07, 6.45) is 2.01. The molecule has 2 N–H and O–H groups in total. The Morgan fingerprint density at radius 1 is 1.44 bits per heavy atom. The summed E-state index contributed by atoms with van der Waals surface area (Å²) < 4.78 is 0. The topological polar surface area (TPSA) is 63.0 Å². The van der Waals surface area contributed by atoms with Crippen LogP contribution in [-0.2, 0) is 6.42 Å². The zero-order valence-corrected chi connectivity index (χ0v) is 9.35. The van der Waals surface area contributed by atoms with Crippen LogP contribution in [0.2, 0.25) is 0 Å². The van der Waals surface area contributed by atoms with E-state index >= 15 is 0 Å². The SMILES string of the molecule is CCNCCCc1cccc2c1nnn2O. The Labute approximate surface area is 94.0 Å². The van der Waals surface area contributed by atoms with Crippen LogP contribution in [0.15, 0.2) is 18.2 Å². The second-order valence-electron chi connectivity index (χ2n) is 3.72. The maximum atomic E-state index is 9.38. The van der Waals surface area contributed by atoms with E-state index in [0.29, 0.717) is 5.52 Å². The van der Waals surface area contributed by atoms with E-state index in [1.54, 1.807) is 0 Å². The van der Waals surface area contributed by atoms with Gasteiger partial charge in [0.2, 0.25) is 0 Å². The first-order chi connectivity index (χ1) is 7.83. The Morgan fingerprint density at radius 3 is 3.12 bits per heavy atom. The Bertz CT molecular complexity index is 466. The van der Waals surface area contributed by atoms with Crippen LogP contribution in [-0.4, -0.2) is 33.5 Å². The van der Waals surface area contributed by atoms with Crippen LogP contribution in [0.5, 0.6) is 0 Å². The zero-order valence-electron chi connectivity index (χ0n) is 9.35. The molecule has 2 rings (SSSR count). The normalized spacial score (nSPS) is 11.1. The van der Waals surface area contributed by atoms with Gasteiger partial charge in [0.1, 0.15) is 11.0 Å². The van der Waals surface area contributed by atoms with E-state index in [1.165, 1.54) is 0 Å². The summed E-state index contributed by atoms with van der Waals surface area (Å²) in [5.74, 6) is 0. The van der Waals surface area contributed by atoms with E-state index in [2.05, 4.69) is 22.6 Å². The smallest absolute Gasteiger partial charge is 0.130 e. The van der Waals surface area contributed by atoms with E-state index in [9.17, 15) is 5.21 Å². The number of fused-ring (bicyclic) bond motifs is 1. The molecule has 0 aliphatic rings. The molecule has 0 radical (unpaired) electrons. The molecule has 0 spiro atoms. The van der Waals surface area contributed by atoms with Gasteiger partial charge in [0, 0.05) is 0 Å². The highest BCUT2D eigenvalue weighted by Crippen LogP contribution is 2.16. The largest absolute Gasteiger partial charge is 0.410 e. The minimum absolute atomic E-state index is 0.668. The molecule has 0 bridgehead atoms. The van der Waals surface area contributed by atoms with Crippen LogP contribution in [0.4, 0.5) is 0 Å². The van der Waals surface area contributed by atoms with Gasteiger partial charge < -0.3 is 10.5 Å². The molecule has 16 heavy (non-hydrogen) atoms. The number of hydrogen-bond donors (Lipinski definition) is 2. The third-order valence-electron chi connectivity index (χ3n) is 2.59. The molecule has 0 unspecified atom stereocenters. The average Bonchev–Trinajstić information content (AvgIpc) is 2.68. The van der Waals surface area contributed by atoms with E-state index in [0.717, 1.165) is 41.9 Å². The Kier molecular flexibility index (Phi) is 3.36. The monoisotopic (exact) mass is 220 g/mol. The third kappa shape index (κ3) is 2.14. The first kappa shape index (κ1) is 10.9. The van der Waals surface area contributed by atoms with Crippen molar-refractivity contribution >= 4 is 11.0 Å². The van der Waals surface area contributed by atoms with Gasteiger partial charge in [-0.15, -0.1) is 5.10 Å². The molecule has 86 valence electrons. The molecular formula is C11H16N4O. The molecule has 0 amide bonds. The van der Waals surface area contributed by atoms with Crippen LogP contribution in [0.1, 0.15) is 18.9 Å². The van der Waals surface area contributed by atoms with Crippen molar-refractivity contribution in [2.75, 3.05) is 13.1 Å². The maximum absolute atomic E-state index is 9.38. The molecule has 0 fully saturated rings. The average molecular weight is 220 g/mol. The zero-order chi connectivity index (χ0) is 11.4. The molecule has 5 nitrogen and oxygen atoms in total. The van der Waals surface area contributed by atoms with E-state index in [1.807, 2.05) is 18.2 Å². The molecule has 1 heterocycles. The van der Waals surface area contributed by atoms with E-state index in [4.69, 9.17) is 0 Å². The number of nitrogens with one attached hydrogen (secondary N) is 1. The minimum atomic E-state index is 0.668. The van der Waals surface area contributed by atoms with Crippen molar-refractivity contribution < 1.29 is 5.21 Å². The van der Waals surface area contributed by atoms with Crippen molar-refractivity contribution in [3.8, 4) is 0 Å². The van der Waals surface area contributed by atoms with Crippen molar-refractivity contribution in [3.63, 3.8) is 0 Å². The number of nitrogens with zero attached hydrogens (tertiary/aromatic N) is 3. The number of rotatable bonds is 5. The lowest BCUT2D eigenvalue weighted by Crippen LogP contribution is -2.14. The Balaban J connectivity index is 2.11. The third-order valence-corrected chi connectivity index (χ3v) is 2.59. The molecule has 0 saturated carbocycles. The van der Waals surface area contributed by atoms with Gasteiger partial charge in [-0.3, -0.25) is 0 Å². The van der Waals surface area contributed by atoms with Gasteiger partial charge in [0.25, 0.3) is 0 Å². The van der Waals surface area contributed by atoms with E-state index in [-0.39, 0.29) is 0 Å². The quantitative estimate of drug-likeness (QED) is 0.587. The lowest BCUT2D eigenvalue weighted by molar-refractivity contribution is 0.155. The highest BCUT2D eigenvalue weighted by molar-refractivity contribution is 5.77. The van der Waals surface area contributed by atoms with Crippen molar-refractivity contribution in [3.05, 3.63) is 23.8 Å². The van der Waals surface area contributed by atoms with Gasteiger partial charge in [0.15, 0.2) is 0 Å². The molecule has 5 heteroatoms. The molecule has 0 atom stereocenters. The molecule has 2 aromatic rings. The first-order valence-electron chi connectivity index (χ1n) is 5.56. The first-order valence-corrected chi connectivity index (χ1v) is 5.56. The molecule has 0 aliphatic carbocycles. The van der Waals surface area contributed by atoms with Crippen molar-refractivity contribution in [2.24, 2.45) is 0 Å². The summed E-state index contributed by atoms with van der Waals surface area (Å²) in [5, 5.41) is 20.2. The summed E-state index contributed by atoms with van der Waals surface area (Å²) >= 11 is 0. The van der Waals surface area contributed by atoms with Gasteiger partial charge in [-0.05, 0) is 42.8 Å². The molecule has 0 aliphatic heterocycles. The van der Waals surface area contributed by atoms with Crippen molar-refractivity contribution in [2.45, 2.75) is 19.8 Å². The van der Waals surface area contributed by atoms with Crippen molar-refractivity contribution in [1.29, 1.82) is 0 Å². The second-order valence-corrected chi connectivity index (χ2v) is 3.72. The van der Waals surface area contributed by atoms with Gasteiger partial charge in [-0.2, -0.15) is 0 Å². The van der Waals surface area contributed by atoms with Crippen LogP contribution in [0.25, 0.3) is 11.0 Å². The van der Waals surface area contributed by atoms with Gasteiger partial charge >= 0.3 is 0 Å². The van der Waals surface area contributed by atoms with Crippen LogP contribution in [0, 0.1) is 0 Å². The number of benzene rings is 1. The van der Waals surface area contributed by atoms with Crippen LogP contribution >= 0.6 is 0 Å². The summed E-state index contributed by atoms with van der Waals surface area (Å²) in [5.41, 5.74) is 2.60. The molecular weight excluding hydrogens is 204 g/mol. The minimum Gasteiger partial charge on any atom is -0.410 e. The van der Waals surface area contributed by atoms with Gasteiger partial charge in [-0.1, -0.05) is 23.9 Å². The second kappa shape index (κ2) is 4.94. The Morgan fingerprint density at radius 2 is 2.31 bits per heavy atom. The summed E-state index contributed by atoms with van der Waals surface area (Å²) in [4.78, 5) is 0.823. The highest BCUT2D eigenvalue weighted by atomic mass is 16.5. The number of hydrogen-bond acceptors (Lipinski definition) is 4. The fraction of sp³-hybridized carbons (Fsp3) is 0.455. The van der Waals surface area contributed by atoms with Crippen molar-refractivity contribution in [1.82, 2.24) is 20.5 Å². The predicted molar refractivity (Wildman–Crippen MR) is 61.6 cm³/mol. The standard InChI is InChI=1S/C11H16N4O/c1-2-12-8-4-6-9-5-3-7-10-11(9)13-14-15(10)16/h3,5,7,12,16H,2,4,6,8H2,1H3. The predicted octanol–water partition coefficient (Wildman–Crippen LogP) is 1.21. The number of aromatic nitrogens is 3. The summed E-state index contributed by atoms with van der Waals surface area (Å²) in [6, 6.07) is 5.76. The van der Waals surface area contributed by atoms with Crippen LogP contribution < -0.4 is 5.32 Å². The van der Waals surface area contributed by atoms with Gasteiger partial charge in [0.05, 0.1) is 0 Å². The molecule has 0 saturated heterocycles. The Hall–Kier alpha value is -1.62. The summed E-state index contributed by atoms with van der Waals surface area (Å²) in [7, 11) is 0. The molecule has 1 aromatic heterocycles. The fourth-order valence-corrected chi connectivity index (χ4v) is 1.77.